The number of carbonyl (C=O) groups excluding carboxylic acids is 1. The predicted octanol–water partition coefficient (Wildman–Crippen LogP) is 3.03. The van der Waals surface area contributed by atoms with Gasteiger partial charge in [0.1, 0.15) is 0 Å². The van der Waals surface area contributed by atoms with E-state index in [9.17, 15) is 4.79 Å². The Morgan fingerprint density at radius 1 is 1.14 bits per heavy atom. The lowest BCUT2D eigenvalue weighted by molar-refractivity contribution is -0.902. The summed E-state index contributed by atoms with van der Waals surface area (Å²) in [6, 6.07) is 5.26. The van der Waals surface area contributed by atoms with E-state index in [2.05, 4.69) is 5.32 Å². The lowest BCUT2D eigenvalue weighted by Gasteiger charge is -2.38. The lowest BCUT2D eigenvalue weighted by atomic mass is 9.75. The van der Waals surface area contributed by atoms with Gasteiger partial charge in [0.2, 0.25) is 0 Å². The third-order valence-corrected chi connectivity index (χ3v) is 5.75. The third-order valence-electron chi connectivity index (χ3n) is 5.12. The van der Waals surface area contributed by atoms with Crippen molar-refractivity contribution >= 4 is 34.8 Å². The van der Waals surface area contributed by atoms with Crippen molar-refractivity contribution < 1.29 is 9.69 Å². The molecular formula is C17H23Cl2N2O+. The number of amides is 1. The number of likely N-dealkylation sites (tertiary alicyclic amines) is 1. The minimum atomic E-state index is -0.000686. The number of benzene rings is 1. The molecule has 1 saturated carbocycles. The van der Waals surface area contributed by atoms with Crippen molar-refractivity contribution in [3.8, 4) is 0 Å². The van der Waals surface area contributed by atoms with Gasteiger partial charge in [-0.2, -0.15) is 0 Å². The van der Waals surface area contributed by atoms with Gasteiger partial charge in [-0.1, -0.05) is 42.1 Å². The van der Waals surface area contributed by atoms with E-state index in [0.29, 0.717) is 22.3 Å². The first kappa shape index (κ1) is 16.1. The van der Waals surface area contributed by atoms with Crippen LogP contribution in [0.5, 0.6) is 0 Å². The summed E-state index contributed by atoms with van der Waals surface area (Å²) in [5.74, 6) is 1.71. The summed E-state index contributed by atoms with van der Waals surface area (Å²) in [7, 11) is 0. The molecule has 1 heterocycles. The molecule has 1 aromatic carbocycles. The average Bonchev–Trinajstić information content (AvgIpc) is 2.51. The Hall–Kier alpha value is -0.770. The normalized spacial score (nSPS) is 28.0. The Bertz CT molecular complexity index is 529. The molecule has 0 radical (unpaired) electrons. The number of quaternary nitrogens is 1. The van der Waals surface area contributed by atoms with E-state index >= 15 is 0 Å². The summed E-state index contributed by atoms with van der Waals surface area (Å²) in [5, 5.41) is 3.85. The highest BCUT2D eigenvalue weighted by molar-refractivity contribution is 6.39. The summed E-state index contributed by atoms with van der Waals surface area (Å²) in [6.07, 6.45) is 6.74. The number of hydrogen-bond donors (Lipinski definition) is 2. The zero-order valence-electron chi connectivity index (χ0n) is 12.7. The highest BCUT2D eigenvalue weighted by atomic mass is 35.5. The molecule has 120 valence electrons. The van der Waals surface area contributed by atoms with Crippen molar-refractivity contribution in [3.05, 3.63) is 28.2 Å². The van der Waals surface area contributed by atoms with Crippen LogP contribution >= 0.6 is 23.2 Å². The highest BCUT2D eigenvalue weighted by Gasteiger charge is 2.34. The van der Waals surface area contributed by atoms with Crippen molar-refractivity contribution in [3.63, 3.8) is 0 Å². The molecule has 1 saturated heterocycles. The van der Waals surface area contributed by atoms with Gasteiger partial charge in [0.25, 0.3) is 5.91 Å². The van der Waals surface area contributed by atoms with E-state index in [-0.39, 0.29) is 5.91 Å². The Morgan fingerprint density at radius 2 is 1.82 bits per heavy atom. The van der Waals surface area contributed by atoms with Crippen LogP contribution in [-0.2, 0) is 4.79 Å². The molecule has 1 amide bonds. The van der Waals surface area contributed by atoms with Crippen molar-refractivity contribution in [2.75, 3.05) is 25.0 Å². The number of para-hydroxylation sites is 1. The summed E-state index contributed by atoms with van der Waals surface area (Å²) < 4.78 is 0. The molecule has 1 aliphatic carbocycles. The maximum Gasteiger partial charge on any atom is 0.279 e. The van der Waals surface area contributed by atoms with Crippen LogP contribution in [0.2, 0.25) is 10.0 Å². The SMILES string of the molecule is O=C(C[NH+]1CC[C@@H]2CCCC[C@@H]2C1)Nc1c(Cl)cccc1Cl. The number of fused-ring (bicyclic) bond motifs is 1. The number of carbonyl (C=O) groups is 1. The number of nitrogens with one attached hydrogen (secondary N) is 2. The minimum absolute atomic E-state index is 0.000686. The van der Waals surface area contributed by atoms with Crippen molar-refractivity contribution in [1.29, 1.82) is 0 Å². The van der Waals surface area contributed by atoms with Crippen LogP contribution in [0.3, 0.4) is 0 Å². The molecule has 0 bridgehead atoms. The minimum Gasteiger partial charge on any atom is -0.327 e. The highest BCUT2D eigenvalue weighted by Crippen LogP contribution is 2.32. The number of halogens is 2. The van der Waals surface area contributed by atoms with Crippen LogP contribution in [-0.4, -0.2) is 25.5 Å². The molecule has 3 rings (SSSR count). The van der Waals surface area contributed by atoms with E-state index < -0.39 is 0 Å². The fourth-order valence-corrected chi connectivity index (χ4v) is 4.48. The van der Waals surface area contributed by atoms with Crippen molar-refractivity contribution in [1.82, 2.24) is 0 Å². The van der Waals surface area contributed by atoms with E-state index in [1.807, 2.05) is 0 Å². The molecular weight excluding hydrogens is 319 g/mol. The van der Waals surface area contributed by atoms with Crippen LogP contribution in [0.1, 0.15) is 32.1 Å². The number of anilines is 1. The smallest absolute Gasteiger partial charge is 0.279 e. The summed E-state index contributed by atoms with van der Waals surface area (Å²) in [5.41, 5.74) is 0.530. The monoisotopic (exact) mass is 341 g/mol. The zero-order chi connectivity index (χ0) is 15.5. The Balaban J connectivity index is 1.56. The Kier molecular flexibility index (Phi) is 5.27. The molecule has 5 heteroatoms. The van der Waals surface area contributed by atoms with Gasteiger partial charge >= 0.3 is 0 Å². The molecule has 0 aromatic heterocycles. The summed E-state index contributed by atoms with van der Waals surface area (Å²) in [6.45, 7) is 2.74. The van der Waals surface area contributed by atoms with Gasteiger partial charge < -0.3 is 10.2 Å². The van der Waals surface area contributed by atoms with Gasteiger partial charge in [-0.25, -0.2) is 0 Å². The largest absolute Gasteiger partial charge is 0.327 e. The predicted molar refractivity (Wildman–Crippen MR) is 90.7 cm³/mol. The second kappa shape index (κ2) is 7.20. The van der Waals surface area contributed by atoms with E-state index in [1.165, 1.54) is 37.0 Å². The Labute approximate surface area is 142 Å². The topological polar surface area (TPSA) is 33.5 Å². The summed E-state index contributed by atoms with van der Waals surface area (Å²) >= 11 is 12.2. The van der Waals surface area contributed by atoms with Gasteiger partial charge in [0, 0.05) is 5.92 Å². The van der Waals surface area contributed by atoms with Crippen LogP contribution < -0.4 is 10.2 Å². The van der Waals surface area contributed by atoms with Crippen LogP contribution in [0.15, 0.2) is 18.2 Å². The number of piperidine rings is 1. The van der Waals surface area contributed by atoms with Gasteiger partial charge in [0.15, 0.2) is 6.54 Å². The van der Waals surface area contributed by atoms with Crippen molar-refractivity contribution in [2.24, 2.45) is 11.8 Å². The fourth-order valence-electron chi connectivity index (χ4n) is 3.98. The van der Waals surface area contributed by atoms with Crippen LogP contribution in [0.25, 0.3) is 0 Å². The Morgan fingerprint density at radius 3 is 2.55 bits per heavy atom. The maximum absolute atomic E-state index is 12.3. The molecule has 22 heavy (non-hydrogen) atoms. The van der Waals surface area contributed by atoms with Crippen LogP contribution in [0.4, 0.5) is 5.69 Å². The average molecular weight is 342 g/mol. The lowest BCUT2D eigenvalue weighted by Crippen LogP contribution is -3.15. The second-order valence-corrected chi connectivity index (χ2v) is 7.43. The third kappa shape index (κ3) is 3.76. The van der Waals surface area contributed by atoms with E-state index in [4.69, 9.17) is 23.2 Å². The quantitative estimate of drug-likeness (QED) is 0.870. The first-order valence-electron chi connectivity index (χ1n) is 8.21. The standard InChI is InChI=1S/C17H22Cl2N2O/c18-14-6-3-7-15(19)17(14)20-16(22)11-21-9-8-12-4-1-2-5-13(12)10-21/h3,6-7,12-13H,1-2,4-5,8-11H2,(H,20,22)/p+1/t12-,13+/m0/s1. The second-order valence-electron chi connectivity index (χ2n) is 6.62. The molecule has 3 nitrogen and oxygen atoms in total. The fraction of sp³-hybridized carbons (Fsp3) is 0.588. The molecule has 2 fully saturated rings. The first-order valence-corrected chi connectivity index (χ1v) is 8.96. The summed E-state index contributed by atoms with van der Waals surface area (Å²) in [4.78, 5) is 13.7. The molecule has 1 unspecified atom stereocenters. The number of hydrogen-bond acceptors (Lipinski definition) is 1. The first-order chi connectivity index (χ1) is 10.6. The molecule has 2 aliphatic rings. The molecule has 3 atom stereocenters. The number of rotatable bonds is 3. The van der Waals surface area contributed by atoms with Crippen LogP contribution in [0, 0.1) is 11.8 Å². The van der Waals surface area contributed by atoms with Gasteiger partial charge in [0.05, 0.1) is 28.8 Å². The molecule has 1 aliphatic heterocycles. The van der Waals surface area contributed by atoms with Gasteiger partial charge in [-0.15, -0.1) is 0 Å². The molecule has 0 spiro atoms. The van der Waals surface area contributed by atoms with Gasteiger partial charge in [-0.3, -0.25) is 4.79 Å². The van der Waals surface area contributed by atoms with Crippen molar-refractivity contribution in [2.45, 2.75) is 32.1 Å². The maximum atomic E-state index is 12.3. The molecule has 1 aromatic rings. The molecule has 2 N–H and O–H groups in total. The zero-order valence-corrected chi connectivity index (χ0v) is 14.2. The van der Waals surface area contributed by atoms with Gasteiger partial charge in [-0.05, 0) is 37.3 Å². The van der Waals surface area contributed by atoms with E-state index in [1.54, 1.807) is 18.2 Å². The van der Waals surface area contributed by atoms with E-state index in [0.717, 1.165) is 24.9 Å².